The zero-order chi connectivity index (χ0) is 14.6. The Labute approximate surface area is 124 Å². The van der Waals surface area contributed by atoms with E-state index >= 15 is 0 Å². The molecule has 2 heterocycles. The zero-order valence-electron chi connectivity index (χ0n) is 13.7. The van der Waals surface area contributed by atoms with Gasteiger partial charge in [-0.1, -0.05) is 33.6 Å². The smallest absolute Gasteiger partial charge is 0.0643 e. The fraction of sp³-hybridized carbons (Fsp3) is 0.824. The predicted octanol–water partition coefficient (Wildman–Crippen LogP) is 3.96. The van der Waals surface area contributed by atoms with Crippen molar-refractivity contribution in [2.24, 2.45) is 5.92 Å². The number of nitrogens with one attached hydrogen (secondary N) is 1. The van der Waals surface area contributed by atoms with E-state index in [4.69, 9.17) is 5.10 Å². The van der Waals surface area contributed by atoms with Gasteiger partial charge in [0.2, 0.25) is 0 Å². The molecule has 1 N–H and O–H groups in total. The van der Waals surface area contributed by atoms with Gasteiger partial charge in [-0.05, 0) is 44.7 Å². The standard InChI is InChI=1S/C17H31N3/c1-5-15(4)20-12-9-16(19-20)13-17(14(2)3)10-7-6-8-11-18-17/h9,12,14-15,18H,5-8,10-11,13H2,1-4H3. The summed E-state index contributed by atoms with van der Waals surface area (Å²) in [4.78, 5) is 0. The highest BCUT2D eigenvalue weighted by atomic mass is 15.3. The largest absolute Gasteiger partial charge is 0.311 e. The maximum absolute atomic E-state index is 4.81. The highest BCUT2D eigenvalue weighted by Crippen LogP contribution is 2.30. The molecule has 3 nitrogen and oxygen atoms in total. The molecule has 2 unspecified atom stereocenters. The Morgan fingerprint density at radius 1 is 1.30 bits per heavy atom. The first-order chi connectivity index (χ1) is 9.57. The van der Waals surface area contributed by atoms with Gasteiger partial charge in [0.1, 0.15) is 0 Å². The molecule has 114 valence electrons. The predicted molar refractivity (Wildman–Crippen MR) is 85.0 cm³/mol. The molecule has 0 radical (unpaired) electrons. The number of hydrogen-bond acceptors (Lipinski definition) is 2. The Bertz CT molecular complexity index is 400. The summed E-state index contributed by atoms with van der Waals surface area (Å²) in [5, 5.41) is 8.66. The second-order valence-electron chi connectivity index (χ2n) is 6.77. The summed E-state index contributed by atoms with van der Waals surface area (Å²) in [5.74, 6) is 0.648. The van der Waals surface area contributed by atoms with Crippen LogP contribution in [0.3, 0.4) is 0 Å². The highest BCUT2D eigenvalue weighted by molar-refractivity contribution is 5.08. The van der Waals surface area contributed by atoms with Crippen molar-refractivity contribution in [3.63, 3.8) is 0 Å². The minimum Gasteiger partial charge on any atom is -0.311 e. The van der Waals surface area contributed by atoms with Gasteiger partial charge in [0, 0.05) is 24.2 Å². The molecule has 1 aliphatic rings. The van der Waals surface area contributed by atoms with Crippen LogP contribution >= 0.6 is 0 Å². The topological polar surface area (TPSA) is 29.9 Å². The summed E-state index contributed by atoms with van der Waals surface area (Å²) in [6, 6.07) is 2.71. The van der Waals surface area contributed by atoms with Gasteiger partial charge in [-0.2, -0.15) is 5.10 Å². The Balaban J connectivity index is 2.13. The van der Waals surface area contributed by atoms with E-state index in [1.54, 1.807) is 0 Å². The van der Waals surface area contributed by atoms with Crippen LogP contribution in [0.25, 0.3) is 0 Å². The van der Waals surface area contributed by atoms with Crippen LogP contribution in [0.1, 0.15) is 71.5 Å². The van der Waals surface area contributed by atoms with Gasteiger partial charge < -0.3 is 5.32 Å². The van der Waals surface area contributed by atoms with E-state index in [0.29, 0.717) is 12.0 Å². The van der Waals surface area contributed by atoms with Gasteiger partial charge in [0.05, 0.1) is 5.69 Å². The van der Waals surface area contributed by atoms with Crippen LogP contribution in [-0.2, 0) is 6.42 Å². The van der Waals surface area contributed by atoms with Crippen molar-refractivity contribution < 1.29 is 0 Å². The normalized spacial score (nSPS) is 25.6. The van der Waals surface area contributed by atoms with E-state index in [1.165, 1.54) is 31.4 Å². The lowest BCUT2D eigenvalue weighted by molar-refractivity contribution is 0.223. The zero-order valence-corrected chi connectivity index (χ0v) is 13.7. The van der Waals surface area contributed by atoms with Gasteiger partial charge in [-0.25, -0.2) is 0 Å². The van der Waals surface area contributed by atoms with E-state index in [9.17, 15) is 0 Å². The second kappa shape index (κ2) is 6.75. The lowest BCUT2D eigenvalue weighted by Gasteiger charge is -2.37. The monoisotopic (exact) mass is 277 g/mol. The Hall–Kier alpha value is -0.830. The molecule has 1 fully saturated rings. The third-order valence-corrected chi connectivity index (χ3v) is 5.08. The average molecular weight is 277 g/mol. The summed E-state index contributed by atoms with van der Waals surface area (Å²) in [7, 11) is 0. The molecule has 20 heavy (non-hydrogen) atoms. The van der Waals surface area contributed by atoms with E-state index in [2.05, 4.69) is 50.0 Å². The molecule has 0 spiro atoms. The average Bonchev–Trinajstić information content (AvgIpc) is 2.75. The molecule has 0 bridgehead atoms. The fourth-order valence-corrected chi connectivity index (χ4v) is 3.24. The minimum absolute atomic E-state index is 0.241. The maximum atomic E-state index is 4.81. The molecule has 0 saturated carbocycles. The molecule has 1 saturated heterocycles. The molecule has 1 aromatic rings. The molecule has 2 rings (SSSR count). The van der Waals surface area contributed by atoms with Crippen molar-refractivity contribution in [2.75, 3.05) is 6.54 Å². The van der Waals surface area contributed by atoms with Crippen molar-refractivity contribution in [3.05, 3.63) is 18.0 Å². The van der Waals surface area contributed by atoms with Crippen LogP contribution in [0.5, 0.6) is 0 Å². The van der Waals surface area contributed by atoms with Gasteiger partial charge in [0.15, 0.2) is 0 Å². The van der Waals surface area contributed by atoms with Gasteiger partial charge in [0.25, 0.3) is 0 Å². The first kappa shape index (κ1) is 15.6. The van der Waals surface area contributed by atoms with Crippen LogP contribution in [0.15, 0.2) is 12.3 Å². The van der Waals surface area contributed by atoms with Crippen molar-refractivity contribution in [1.82, 2.24) is 15.1 Å². The van der Waals surface area contributed by atoms with E-state index in [0.717, 1.165) is 19.4 Å². The second-order valence-corrected chi connectivity index (χ2v) is 6.77. The van der Waals surface area contributed by atoms with Crippen LogP contribution in [-0.4, -0.2) is 21.9 Å². The molecule has 1 aromatic heterocycles. The summed E-state index contributed by atoms with van der Waals surface area (Å²) in [5.41, 5.74) is 1.49. The lowest BCUT2D eigenvalue weighted by atomic mass is 9.79. The van der Waals surface area contributed by atoms with Crippen LogP contribution in [0.4, 0.5) is 0 Å². The Kier molecular flexibility index (Phi) is 5.25. The summed E-state index contributed by atoms with van der Waals surface area (Å²) in [6.45, 7) is 10.3. The molecule has 2 atom stereocenters. The SMILES string of the molecule is CCC(C)n1ccc(CC2(C(C)C)CCCCCN2)n1. The van der Waals surface area contributed by atoms with Crippen molar-refractivity contribution in [1.29, 1.82) is 0 Å². The first-order valence-electron chi connectivity index (χ1n) is 8.36. The first-order valence-corrected chi connectivity index (χ1v) is 8.36. The Morgan fingerprint density at radius 2 is 2.10 bits per heavy atom. The number of rotatable bonds is 5. The molecule has 1 aliphatic heterocycles. The van der Waals surface area contributed by atoms with Gasteiger partial charge >= 0.3 is 0 Å². The summed E-state index contributed by atoms with van der Waals surface area (Å²) < 4.78 is 2.13. The van der Waals surface area contributed by atoms with Crippen LogP contribution in [0.2, 0.25) is 0 Å². The number of hydrogen-bond donors (Lipinski definition) is 1. The maximum Gasteiger partial charge on any atom is 0.0643 e. The van der Waals surface area contributed by atoms with Gasteiger partial charge in [-0.15, -0.1) is 0 Å². The molecular weight excluding hydrogens is 246 g/mol. The van der Waals surface area contributed by atoms with E-state index in [-0.39, 0.29) is 5.54 Å². The summed E-state index contributed by atoms with van der Waals surface area (Å²) in [6.07, 6.45) is 9.65. The van der Waals surface area contributed by atoms with Crippen molar-refractivity contribution in [2.45, 2.75) is 77.8 Å². The van der Waals surface area contributed by atoms with E-state index in [1.807, 2.05) is 0 Å². The number of nitrogens with zero attached hydrogens (tertiary/aromatic N) is 2. The highest BCUT2D eigenvalue weighted by Gasteiger charge is 2.34. The Morgan fingerprint density at radius 3 is 2.80 bits per heavy atom. The quantitative estimate of drug-likeness (QED) is 0.883. The molecule has 0 aliphatic carbocycles. The van der Waals surface area contributed by atoms with Crippen LogP contribution < -0.4 is 5.32 Å². The molecule has 0 amide bonds. The minimum atomic E-state index is 0.241. The molecule has 3 heteroatoms. The van der Waals surface area contributed by atoms with Crippen LogP contribution in [0, 0.1) is 5.92 Å². The van der Waals surface area contributed by atoms with Gasteiger partial charge in [-0.3, -0.25) is 4.68 Å². The lowest BCUT2D eigenvalue weighted by Crippen LogP contribution is -2.51. The number of aromatic nitrogens is 2. The third kappa shape index (κ3) is 3.43. The fourth-order valence-electron chi connectivity index (χ4n) is 3.24. The van der Waals surface area contributed by atoms with Crippen molar-refractivity contribution >= 4 is 0 Å². The molecular formula is C17H31N3. The molecule has 0 aromatic carbocycles. The van der Waals surface area contributed by atoms with E-state index < -0.39 is 0 Å². The van der Waals surface area contributed by atoms with Crippen molar-refractivity contribution in [3.8, 4) is 0 Å². The third-order valence-electron chi connectivity index (χ3n) is 5.08. The summed E-state index contributed by atoms with van der Waals surface area (Å²) >= 11 is 0.